The lowest BCUT2D eigenvalue weighted by Crippen LogP contribution is -1.80. The van der Waals surface area contributed by atoms with Crippen LogP contribution in [0.2, 0.25) is 5.02 Å². The van der Waals surface area contributed by atoms with Gasteiger partial charge in [0.1, 0.15) is 12.0 Å². The molecule has 4 heteroatoms. The van der Waals surface area contributed by atoms with Crippen molar-refractivity contribution in [2.24, 2.45) is 0 Å². The molecule has 0 atom stereocenters. The maximum Gasteiger partial charge on any atom is 0.150 e. The molecule has 0 unspecified atom stereocenters. The van der Waals surface area contributed by atoms with E-state index in [4.69, 9.17) is 16.7 Å². The summed E-state index contributed by atoms with van der Waals surface area (Å²) in [4.78, 5) is 10.2. The first-order valence-electron chi connectivity index (χ1n) is 2.78. The van der Waals surface area contributed by atoms with Gasteiger partial charge >= 0.3 is 0 Å². The van der Waals surface area contributed by atoms with Crippen LogP contribution in [0, 0.1) is 0 Å². The predicted molar refractivity (Wildman–Crippen MR) is 46.2 cm³/mol. The van der Waals surface area contributed by atoms with Crippen LogP contribution in [0.25, 0.3) is 0 Å². The van der Waals surface area contributed by atoms with Gasteiger partial charge in [-0.25, -0.2) is 0 Å². The van der Waals surface area contributed by atoms with E-state index in [2.05, 4.69) is 15.9 Å². The van der Waals surface area contributed by atoms with E-state index in [1.54, 1.807) is 0 Å². The number of phenolic OH excluding ortho intramolecular Hbond substituents is 1. The Morgan fingerprint density at radius 2 is 2.18 bits per heavy atom. The summed E-state index contributed by atoms with van der Waals surface area (Å²) in [6, 6.07) is 2.84. The summed E-state index contributed by atoms with van der Waals surface area (Å²) in [7, 11) is 0. The first-order valence-corrected chi connectivity index (χ1v) is 3.95. The van der Waals surface area contributed by atoms with Crippen molar-refractivity contribution in [3.05, 3.63) is 27.2 Å². The molecule has 1 rings (SSSR count). The van der Waals surface area contributed by atoms with Crippen molar-refractivity contribution in [3.8, 4) is 5.75 Å². The number of hydrogen-bond acceptors (Lipinski definition) is 2. The maximum absolute atomic E-state index is 10.2. The average Bonchev–Trinajstić information content (AvgIpc) is 1.99. The quantitative estimate of drug-likeness (QED) is 0.760. The molecule has 0 fully saturated rings. The van der Waals surface area contributed by atoms with Crippen LogP contribution in [-0.2, 0) is 0 Å². The molecule has 0 aliphatic carbocycles. The summed E-state index contributed by atoms with van der Waals surface area (Å²) < 4.78 is 0.515. The highest BCUT2D eigenvalue weighted by Gasteiger charge is 2.04. The van der Waals surface area contributed by atoms with Gasteiger partial charge in [0.05, 0.1) is 5.02 Å². The van der Waals surface area contributed by atoms with Gasteiger partial charge in [-0.2, -0.15) is 0 Å². The molecule has 58 valence electrons. The summed E-state index contributed by atoms with van der Waals surface area (Å²) >= 11 is 8.68. The molecular formula is C7H4BrClO2. The molecule has 0 amide bonds. The summed E-state index contributed by atoms with van der Waals surface area (Å²) in [5, 5.41) is 9.31. The van der Waals surface area contributed by atoms with Gasteiger partial charge in [0, 0.05) is 10.0 Å². The maximum atomic E-state index is 10.2. The monoisotopic (exact) mass is 234 g/mol. The molecule has 1 aromatic carbocycles. The van der Waals surface area contributed by atoms with Crippen molar-refractivity contribution in [1.82, 2.24) is 0 Å². The average molecular weight is 235 g/mol. The second kappa shape index (κ2) is 3.24. The number of halogens is 2. The molecule has 0 radical (unpaired) electrons. The Labute approximate surface area is 76.9 Å². The van der Waals surface area contributed by atoms with Crippen LogP contribution in [0.15, 0.2) is 16.6 Å². The second-order valence-electron chi connectivity index (χ2n) is 1.95. The van der Waals surface area contributed by atoms with E-state index >= 15 is 0 Å². The minimum atomic E-state index is -0.0943. The van der Waals surface area contributed by atoms with Gasteiger partial charge in [-0.05, 0) is 28.1 Å². The normalized spacial score (nSPS) is 9.64. The number of aromatic hydroxyl groups is 1. The first-order chi connectivity index (χ1) is 5.15. The SMILES string of the molecule is O=Cc1cc(O)c(Cl)c(Br)c1. The highest BCUT2D eigenvalue weighted by Crippen LogP contribution is 2.31. The van der Waals surface area contributed by atoms with E-state index < -0.39 is 0 Å². The molecule has 1 N–H and O–H groups in total. The van der Waals surface area contributed by atoms with Crippen LogP contribution >= 0.6 is 27.5 Å². The number of phenols is 1. The summed E-state index contributed by atoms with van der Waals surface area (Å²) in [5.74, 6) is -0.0943. The number of carbonyl (C=O) groups excluding carboxylic acids is 1. The van der Waals surface area contributed by atoms with Gasteiger partial charge < -0.3 is 5.11 Å². The minimum Gasteiger partial charge on any atom is -0.506 e. The highest BCUT2D eigenvalue weighted by molar-refractivity contribution is 9.10. The van der Waals surface area contributed by atoms with E-state index in [0.717, 1.165) is 0 Å². The fourth-order valence-corrected chi connectivity index (χ4v) is 1.24. The summed E-state index contributed by atoms with van der Waals surface area (Å²) in [6.07, 6.45) is 0.640. The lowest BCUT2D eigenvalue weighted by Gasteiger charge is -1.99. The third-order valence-corrected chi connectivity index (χ3v) is 2.42. The third kappa shape index (κ3) is 1.73. The van der Waals surface area contributed by atoms with Crippen molar-refractivity contribution in [3.63, 3.8) is 0 Å². The first kappa shape index (κ1) is 8.56. The van der Waals surface area contributed by atoms with Crippen LogP contribution in [-0.4, -0.2) is 11.4 Å². The summed E-state index contributed by atoms with van der Waals surface area (Å²) in [6.45, 7) is 0. The molecule has 0 saturated carbocycles. The molecule has 0 aromatic heterocycles. The minimum absolute atomic E-state index is 0.0943. The lowest BCUT2D eigenvalue weighted by atomic mass is 10.2. The summed E-state index contributed by atoms with van der Waals surface area (Å²) in [5.41, 5.74) is 0.388. The van der Waals surface area contributed by atoms with Crippen molar-refractivity contribution in [1.29, 1.82) is 0 Å². The van der Waals surface area contributed by atoms with Crippen LogP contribution < -0.4 is 0 Å². The van der Waals surface area contributed by atoms with Crippen molar-refractivity contribution in [2.75, 3.05) is 0 Å². The van der Waals surface area contributed by atoms with E-state index in [-0.39, 0.29) is 10.8 Å². The molecule has 1 aromatic rings. The Kier molecular flexibility index (Phi) is 2.52. The zero-order valence-electron chi connectivity index (χ0n) is 5.34. The van der Waals surface area contributed by atoms with Crippen LogP contribution in [0.1, 0.15) is 10.4 Å². The molecule has 0 aliphatic rings. The molecular weight excluding hydrogens is 231 g/mol. The lowest BCUT2D eigenvalue weighted by molar-refractivity contribution is 0.112. The van der Waals surface area contributed by atoms with Crippen molar-refractivity contribution < 1.29 is 9.90 Å². The fraction of sp³-hybridized carbons (Fsp3) is 0. The van der Waals surface area contributed by atoms with Gasteiger partial charge in [0.15, 0.2) is 0 Å². The van der Waals surface area contributed by atoms with E-state index in [9.17, 15) is 4.79 Å². The zero-order valence-corrected chi connectivity index (χ0v) is 7.69. The predicted octanol–water partition coefficient (Wildman–Crippen LogP) is 2.62. The Bertz CT molecular complexity index is 275. The Balaban J connectivity index is 3.31. The molecule has 0 heterocycles. The number of carbonyl (C=O) groups is 1. The smallest absolute Gasteiger partial charge is 0.150 e. The Morgan fingerprint density at radius 1 is 1.55 bits per heavy atom. The molecule has 0 bridgehead atoms. The van der Waals surface area contributed by atoms with Crippen molar-refractivity contribution >= 4 is 33.8 Å². The van der Waals surface area contributed by atoms with E-state index in [1.807, 2.05) is 0 Å². The van der Waals surface area contributed by atoms with Gasteiger partial charge in [0.25, 0.3) is 0 Å². The topological polar surface area (TPSA) is 37.3 Å². The van der Waals surface area contributed by atoms with E-state index in [1.165, 1.54) is 12.1 Å². The number of aldehydes is 1. The molecule has 0 aliphatic heterocycles. The molecule has 0 spiro atoms. The third-order valence-electron chi connectivity index (χ3n) is 1.17. The number of hydrogen-bond donors (Lipinski definition) is 1. The number of rotatable bonds is 1. The van der Waals surface area contributed by atoms with E-state index in [0.29, 0.717) is 16.3 Å². The van der Waals surface area contributed by atoms with Crippen LogP contribution in [0.3, 0.4) is 0 Å². The standard InChI is InChI=1S/C7H4BrClO2/c8-5-1-4(3-10)2-6(11)7(5)9/h1-3,11H. The largest absolute Gasteiger partial charge is 0.506 e. The van der Waals surface area contributed by atoms with Gasteiger partial charge in [-0.3, -0.25) is 4.79 Å². The zero-order chi connectivity index (χ0) is 8.43. The Morgan fingerprint density at radius 3 is 2.64 bits per heavy atom. The van der Waals surface area contributed by atoms with Crippen LogP contribution in [0.4, 0.5) is 0 Å². The number of benzene rings is 1. The second-order valence-corrected chi connectivity index (χ2v) is 3.19. The molecule has 2 nitrogen and oxygen atoms in total. The van der Waals surface area contributed by atoms with Crippen LogP contribution in [0.5, 0.6) is 5.75 Å². The van der Waals surface area contributed by atoms with Gasteiger partial charge in [0.2, 0.25) is 0 Å². The Hall–Kier alpha value is -0.540. The molecule has 0 saturated heterocycles. The fourth-order valence-electron chi connectivity index (χ4n) is 0.663. The highest BCUT2D eigenvalue weighted by atomic mass is 79.9. The van der Waals surface area contributed by atoms with Crippen molar-refractivity contribution in [2.45, 2.75) is 0 Å². The molecule has 11 heavy (non-hydrogen) atoms. The van der Waals surface area contributed by atoms with Gasteiger partial charge in [-0.15, -0.1) is 0 Å². The van der Waals surface area contributed by atoms with Gasteiger partial charge in [-0.1, -0.05) is 11.6 Å².